The second-order valence-electron chi connectivity index (χ2n) is 5.95. The fraction of sp³-hybridized carbons (Fsp3) is 0.200. The Balaban J connectivity index is 2.13. The molecule has 26 heavy (non-hydrogen) atoms. The minimum Gasteiger partial charge on any atom is -0.218 e. The Morgan fingerprint density at radius 3 is 2.42 bits per heavy atom. The molecule has 6 heteroatoms. The van der Waals surface area contributed by atoms with Crippen LogP contribution in [0.2, 0.25) is 0 Å². The molecule has 0 saturated heterocycles. The van der Waals surface area contributed by atoms with E-state index in [9.17, 15) is 0 Å². The average Bonchev–Trinajstić information content (AvgIpc) is 2.99. The summed E-state index contributed by atoms with van der Waals surface area (Å²) < 4.78 is 2.45. The van der Waals surface area contributed by atoms with Gasteiger partial charge in [-0.2, -0.15) is 10.2 Å². The molecule has 3 rings (SSSR count). The molecule has 0 fully saturated rings. The minimum absolute atomic E-state index is 0.688. The zero-order valence-corrected chi connectivity index (χ0v) is 16.9. The lowest BCUT2D eigenvalue weighted by Gasteiger charge is -2.03. The van der Waals surface area contributed by atoms with Crippen molar-refractivity contribution in [1.82, 2.24) is 9.78 Å². The minimum atomic E-state index is 0.688. The van der Waals surface area contributed by atoms with E-state index < -0.39 is 0 Å². The van der Waals surface area contributed by atoms with Crippen LogP contribution in [0.4, 0.5) is 11.4 Å². The van der Waals surface area contributed by atoms with Crippen molar-refractivity contribution in [2.75, 3.05) is 6.26 Å². The largest absolute Gasteiger partial charge is 0.218 e. The van der Waals surface area contributed by atoms with E-state index in [0.29, 0.717) is 4.32 Å². The molecule has 0 radical (unpaired) electrons. The van der Waals surface area contributed by atoms with Gasteiger partial charge in [0.15, 0.2) is 4.32 Å². The van der Waals surface area contributed by atoms with Crippen LogP contribution in [-0.4, -0.2) is 20.4 Å². The molecule has 0 aliphatic heterocycles. The van der Waals surface area contributed by atoms with Gasteiger partial charge in [0.05, 0.1) is 11.4 Å². The standard InChI is InChI=1S/C20H20N4S2/c1-13-9-8-12-17(14(13)2)21-22-18-15(3)24(20(25)26-4)23-19(18)16-10-6-5-7-11-16/h5-12H,1-4H3. The molecular formula is C20H20N4S2. The topological polar surface area (TPSA) is 42.5 Å². The third kappa shape index (κ3) is 3.61. The van der Waals surface area contributed by atoms with Crippen LogP contribution in [0.1, 0.15) is 16.8 Å². The maximum atomic E-state index is 5.44. The SMILES string of the molecule is CSC(=S)n1nc(-c2ccccc2)c(N=Nc2cccc(C)c2C)c1C. The number of thiocarbonyl (C=S) groups is 1. The van der Waals surface area contributed by atoms with Gasteiger partial charge in [-0.05, 0) is 44.2 Å². The Kier molecular flexibility index (Phi) is 5.64. The predicted molar refractivity (Wildman–Crippen MR) is 114 cm³/mol. The highest BCUT2D eigenvalue weighted by Gasteiger charge is 2.18. The van der Waals surface area contributed by atoms with Crippen molar-refractivity contribution in [2.45, 2.75) is 20.8 Å². The summed E-state index contributed by atoms with van der Waals surface area (Å²) in [5, 5.41) is 13.8. The smallest absolute Gasteiger partial charge is 0.161 e. The van der Waals surface area contributed by atoms with Crippen molar-refractivity contribution in [3.05, 3.63) is 65.4 Å². The van der Waals surface area contributed by atoms with Gasteiger partial charge >= 0.3 is 0 Å². The summed E-state index contributed by atoms with van der Waals surface area (Å²) in [6.07, 6.45) is 1.95. The Morgan fingerprint density at radius 2 is 1.73 bits per heavy atom. The zero-order valence-electron chi connectivity index (χ0n) is 15.2. The summed E-state index contributed by atoms with van der Waals surface area (Å²) in [6.45, 7) is 6.10. The van der Waals surface area contributed by atoms with Gasteiger partial charge in [-0.1, -0.05) is 66.4 Å². The lowest BCUT2D eigenvalue weighted by atomic mass is 10.1. The van der Waals surface area contributed by atoms with Crippen molar-refractivity contribution in [2.24, 2.45) is 10.2 Å². The molecule has 4 nitrogen and oxygen atoms in total. The molecule has 0 unspecified atom stereocenters. The number of nitrogens with zero attached hydrogens (tertiary/aromatic N) is 4. The van der Waals surface area contributed by atoms with Crippen molar-refractivity contribution in [3.63, 3.8) is 0 Å². The Bertz CT molecular complexity index is 975. The average molecular weight is 381 g/mol. The highest BCUT2D eigenvalue weighted by atomic mass is 32.2. The second kappa shape index (κ2) is 7.93. The summed E-state index contributed by atoms with van der Waals surface area (Å²) in [7, 11) is 0. The predicted octanol–water partition coefficient (Wildman–Crippen LogP) is 6.39. The van der Waals surface area contributed by atoms with Gasteiger partial charge in [-0.25, -0.2) is 4.68 Å². The van der Waals surface area contributed by atoms with Crippen molar-refractivity contribution >= 4 is 39.7 Å². The highest BCUT2D eigenvalue weighted by molar-refractivity contribution is 8.22. The van der Waals surface area contributed by atoms with Gasteiger partial charge in [0, 0.05) is 5.56 Å². The van der Waals surface area contributed by atoms with Gasteiger partial charge in [0.25, 0.3) is 0 Å². The number of azo groups is 1. The van der Waals surface area contributed by atoms with E-state index in [1.54, 1.807) is 4.68 Å². The molecule has 0 atom stereocenters. The first-order valence-corrected chi connectivity index (χ1v) is 9.87. The lowest BCUT2D eigenvalue weighted by molar-refractivity contribution is 0.928. The monoisotopic (exact) mass is 380 g/mol. The van der Waals surface area contributed by atoms with E-state index >= 15 is 0 Å². The third-order valence-corrected chi connectivity index (χ3v) is 5.51. The van der Waals surface area contributed by atoms with Crippen LogP contribution in [-0.2, 0) is 0 Å². The van der Waals surface area contributed by atoms with Crippen molar-refractivity contribution in [1.29, 1.82) is 0 Å². The summed E-state index contributed by atoms with van der Waals surface area (Å²) in [5.41, 5.74) is 6.60. The van der Waals surface area contributed by atoms with Gasteiger partial charge < -0.3 is 0 Å². The van der Waals surface area contributed by atoms with E-state index in [-0.39, 0.29) is 0 Å². The van der Waals surface area contributed by atoms with E-state index in [4.69, 9.17) is 17.3 Å². The maximum absolute atomic E-state index is 5.44. The zero-order chi connectivity index (χ0) is 18.7. The Hall–Kier alpha value is -2.31. The van der Waals surface area contributed by atoms with Crippen molar-refractivity contribution in [3.8, 4) is 11.3 Å². The molecule has 1 heterocycles. The van der Waals surface area contributed by atoms with E-state index in [1.807, 2.05) is 55.6 Å². The van der Waals surface area contributed by atoms with Crippen LogP contribution in [0.15, 0.2) is 58.8 Å². The second-order valence-corrected chi connectivity index (χ2v) is 7.39. The molecule has 0 N–H and O–H groups in total. The van der Waals surface area contributed by atoms with Crippen LogP contribution in [0.5, 0.6) is 0 Å². The summed E-state index contributed by atoms with van der Waals surface area (Å²) in [4.78, 5) is 0. The normalized spacial score (nSPS) is 11.2. The van der Waals surface area contributed by atoms with Gasteiger partial charge in [-0.15, -0.1) is 5.11 Å². The van der Waals surface area contributed by atoms with Crippen LogP contribution in [0.25, 0.3) is 11.3 Å². The number of hydrogen-bond acceptors (Lipinski definition) is 5. The highest BCUT2D eigenvalue weighted by Crippen LogP contribution is 2.35. The van der Waals surface area contributed by atoms with E-state index in [1.165, 1.54) is 17.3 Å². The molecular weight excluding hydrogens is 360 g/mol. The Labute approximate surface area is 163 Å². The van der Waals surface area contributed by atoms with Gasteiger partial charge in [0.1, 0.15) is 11.4 Å². The van der Waals surface area contributed by atoms with E-state index in [2.05, 4.69) is 30.1 Å². The first-order valence-electron chi connectivity index (χ1n) is 8.24. The third-order valence-electron chi connectivity index (χ3n) is 4.31. The summed E-state index contributed by atoms with van der Waals surface area (Å²) in [6, 6.07) is 16.0. The quantitative estimate of drug-likeness (QED) is 0.391. The maximum Gasteiger partial charge on any atom is 0.161 e. The lowest BCUT2D eigenvalue weighted by Crippen LogP contribution is -2.08. The fourth-order valence-electron chi connectivity index (χ4n) is 2.62. The first-order chi connectivity index (χ1) is 12.5. The van der Waals surface area contributed by atoms with Crippen LogP contribution in [0, 0.1) is 20.8 Å². The molecule has 2 aromatic carbocycles. The molecule has 0 bridgehead atoms. The number of thioether (sulfide) groups is 1. The number of benzene rings is 2. The molecule has 0 amide bonds. The molecule has 0 aliphatic carbocycles. The van der Waals surface area contributed by atoms with Gasteiger partial charge in [-0.3, -0.25) is 0 Å². The number of rotatable bonds is 3. The van der Waals surface area contributed by atoms with Crippen molar-refractivity contribution < 1.29 is 0 Å². The molecule has 132 valence electrons. The first kappa shape index (κ1) is 18.5. The van der Waals surface area contributed by atoms with Crippen LogP contribution >= 0.6 is 24.0 Å². The molecule has 0 spiro atoms. The molecule has 0 saturated carbocycles. The number of aryl methyl sites for hydroxylation is 1. The Morgan fingerprint density at radius 1 is 1.00 bits per heavy atom. The number of aromatic nitrogens is 2. The fourth-order valence-corrected chi connectivity index (χ4v) is 3.14. The van der Waals surface area contributed by atoms with Gasteiger partial charge in [0.2, 0.25) is 0 Å². The van der Waals surface area contributed by atoms with E-state index in [0.717, 1.165) is 33.9 Å². The van der Waals surface area contributed by atoms with Crippen LogP contribution < -0.4 is 0 Å². The van der Waals surface area contributed by atoms with Crippen LogP contribution in [0.3, 0.4) is 0 Å². The molecule has 1 aromatic heterocycles. The molecule has 0 aliphatic rings. The molecule has 3 aromatic rings. The number of hydrogen-bond donors (Lipinski definition) is 0. The summed E-state index contributed by atoms with van der Waals surface area (Å²) in [5.74, 6) is 0. The summed E-state index contributed by atoms with van der Waals surface area (Å²) >= 11 is 6.93.